The maximum Gasteiger partial charge on any atom is 0.232 e. The zero-order chi connectivity index (χ0) is 15.1. The van der Waals surface area contributed by atoms with Gasteiger partial charge in [-0.1, -0.05) is 19.9 Å². The van der Waals surface area contributed by atoms with Crippen molar-refractivity contribution >= 4 is 28.6 Å². The molecule has 1 aliphatic carbocycles. The van der Waals surface area contributed by atoms with Gasteiger partial charge in [-0.05, 0) is 48.8 Å². The molecule has 0 unspecified atom stereocenters. The number of carbonyl (C=O) groups excluding carboxylic acids is 1. The predicted octanol–water partition coefficient (Wildman–Crippen LogP) is 4.14. The molecule has 0 bridgehead atoms. The minimum Gasteiger partial charge on any atom is -0.355 e. The van der Waals surface area contributed by atoms with E-state index in [-0.39, 0.29) is 16.7 Å². The number of hydrogen-bond donors (Lipinski definition) is 1. The molecule has 0 radical (unpaired) electrons. The second-order valence-electron chi connectivity index (χ2n) is 6.46. The number of carbonyl (C=O) groups is 1. The van der Waals surface area contributed by atoms with Crippen molar-refractivity contribution in [2.24, 2.45) is 5.41 Å². The van der Waals surface area contributed by atoms with E-state index in [2.05, 4.69) is 49.7 Å². The number of nitrogens with one attached hydrogen (secondary N) is 1. The lowest BCUT2D eigenvalue weighted by atomic mass is 9.93. The molecule has 1 fully saturated rings. The summed E-state index contributed by atoms with van der Waals surface area (Å²) in [7, 11) is 0. The monoisotopic (exact) mass is 319 g/mol. The van der Waals surface area contributed by atoms with Crippen molar-refractivity contribution in [1.82, 2.24) is 5.32 Å². The van der Waals surface area contributed by atoms with Crippen molar-refractivity contribution in [3.8, 4) is 0 Å². The molecule has 2 heterocycles. The van der Waals surface area contributed by atoms with Crippen LogP contribution in [0.4, 0.5) is 0 Å². The molecule has 2 aromatic rings. The fourth-order valence-electron chi connectivity index (χ4n) is 3.13. The smallest absolute Gasteiger partial charge is 0.232 e. The summed E-state index contributed by atoms with van der Waals surface area (Å²) >= 11 is 3.51. The molecule has 0 aromatic carbocycles. The highest BCUT2D eigenvalue weighted by molar-refractivity contribution is 7.11. The number of aryl methyl sites for hydroxylation is 1. The summed E-state index contributed by atoms with van der Waals surface area (Å²) in [4.78, 5) is 16.6. The largest absolute Gasteiger partial charge is 0.355 e. The average Bonchev–Trinajstić information content (AvgIpc) is 2.87. The highest BCUT2D eigenvalue weighted by Crippen LogP contribution is 2.65. The van der Waals surface area contributed by atoms with E-state index in [1.54, 1.807) is 11.3 Å². The summed E-state index contributed by atoms with van der Waals surface area (Å²) in [5, 5.41) is 5.22. The van der Waals surface area contributed by atoms with Gasteiger partial charge in [0.15, 0.2) is 0 Å². The molecule has 2 aromatic heterocycles. The second-order valence-corrected chi connectivity index (χ2v) is 8.78. The van der Waals surface area contributed by atoms with E-state index in [1.807, 2.05) is 17.4 Å². The number of thiophene rings is 2. The van der Waals surface area contributed by atoms with E-state index >= 15 is 0 Å². The molecule has 3 rings (SSSR count). The van der Waals surface area contributed by atoms with Gasteiger partial charge < -0.3 is 5.32 Å². The predicted molar refractivity (Wildman–Crippen MR) is 90.2 cm³/mol. The van der Waals surface area contributed by atoms with Gasteiger partial charge in [0.05, 0.1) is 5.41 Å². The van der Waals surface area contributed by atoms with Gasteiger partial charge >= 0.3 is 0 Å². The molecule has 0 saturated heterocycles. The summed E-state index contributed by atoms with van der Waals surface area (Å²) in [6, 6.07) is 8.43. The Morgan fingerprint density at radius 1 is 1.33 bits per heavy atom. The Morgan fingerprint density at radius 3 is 2.62 bits per heavy atom. The van der Waals surface area contributed by atoms with E-state index in [4.69, 9.17) is 0 Å². The standard InChI is InChI=1S/C17H21NOS2/c1-12-6-7-13(21-12)8-9-18-15(19)17(11-16(17,2)3)14-5-4-10-20-14/h4-7,10H,8-9,11H2,1-3H3,(H,18,19)/t17-/m0/s1. The lowest BCUT2D eigenvalue weighted by Gasteiger charge is -2.18. The van der Waals surface area contributed by atoms with Crippen molar-refractivity contribution in [1.29, 1.82) is 0 Å². The molecule has 0 spiro atoms. The minimum absolute atomic E-state index is 0.0709. The third-order valence-corrected chi connectivity index (χ3v) is 6.61. The summed E-state index contributed by atoms with van der Waals surface area (Å²) in [6.07, 6.45) is 1.87. The first-order valence-electron chi connectivity index (χ1n) is 7.33. The fourth-order valence-corrected chi connectivity index (χ4v) is 5.12. The fraction of sp³-hybridized carbons (Fsp3) is 0.471. The van der Waals surface area contributed by atoms with Crippen molar-refractivity contribution in [3.05, 3.63) is 44.3 Å². The minimum atomic E-state index is -0.299. The summed E-state index contributed by atoms with van der Waals surface area (Å²) in [5.41, 5.74) is -0.228. The van der Waals surface area contributed by atoms with E-state index in [0.29, 0.717) is 0 Å². The van der Waals surface area contributed by atoms with Crippen LogP contribution in [0.15, 0.2) is 29.6 Å². The van der Waals surface area contributed by atoms with Crippen LogP contribution in [0.25, 0.3) is 0 Å². The van der Waals surface area contributed by atoms with Crippen LogP contribution in [-0.2, 0) is 16.6 Å². The summed E-state index contributed by atoms with van der Waals surface area (Å²) in [5.74, 6) is 0.197. The lowest BCUT2D eigenvalue weighted by molar-refractivity contribution is -0.124. The number of amides is 1. The van der Waals surface area contributed by atoms with E-state index in [1.165, 1.54) is 14.6 Å². The molecule has 1 atom stereocenters. The summed E-state index contributed by atoms with van der Waals surface area (Å²) in [6.45, 7) is 7.22. The van der Waals surface area contributed by atoms with Gasteiger partial charge in [-0.15, -0.1) is 22.7 Å². The molecule has 112 valence electrons. The van der Waals surface area contributed by atoms with Crippen molar-refractivity contribution in [2.45, 2.75) is 39.0 Å². The van der Waals surface area contributed by atoms with E-state index in [0.717, 1.165) is 19.4 Å². The topological polar surface area (TPSA) is 29.1 Å². The highest BCUT2D eigenvalue weighted by atomic mass is 32.1. The first-order chi connectivity index (χ1) is 9.96. The Labute approximate surface area is 134 Å². The first kappa shape index (κ1) is 14.8. The van der Waals surface area contributed by atoms with E-state index < -0.39 is 0 Å². The van der Waals surface area contributed by atoms with Crippen molar-refractivity contribution in [3.63, 3.8) is 0 Å². The van der Waals surface area contributed by atoms with Crippen molar-refractivity contribution in [2.75, 3.05) is 6.54 Å². The van der Waals surface area contributed by atoms with Crippen LogP contribution in [0, 0.1) is 12.3 Å². The Bertz CT molecular complexity index is 642. The second kappa shape index (κ2) is 5.25. The normalized spacial score (nSPS) is 23.0. The van der Waals surface area contributed by atoms with Gasteiger partial charge in [-0.3, -0.25) is 4.79 Å². The molecule has 1 amide bonds. The summed E-state index contributed by atoms with van der Waals surface area (Å²) < 4.78 is 0. The SMILES string of the molecule is Cc1ccc(CCNC(=O)[C@@]2(c3cccs3)CC2(C)C)s1. The number of rotatable bonds is 5. The van der Waals surface area contributed by atoms with Crippen LogP contribution in [0.1, 0.15) is 34.9 Å². The molecular formula is C17H21NOS2. The molecule has 0 aliphatic heterocycles. The number of hydrogen-bond acceptors (Lipinski definition) is 3. The van der Waals surface area contributed by atoms with Crippen LogP contribution < -0.4 is 5.32 Å². The van der Waals surface area contributed by atoms with Gasteiger partial charge in [0, 0.05) is 21.2 Å². The lowest BCUT2D eigenvalue weighted by Crippen LogP contribution is -2.38. The van der Waals surface area contributed by atoms with E-state index in [9.17, 15) is 4.79 Å². The van der Waals surface area contributed by atoms with Crippen LogP contribution in [0.5, 0.6) is 0 Å². The first-order valence-corrected chi connectivity index (χ1v) is 9.03. The van der Waals surface area contributed by atoms with Crippen LogP contribution in [-0.4, -0.2) is 12.5 Å². The molecule has 4 heteroatoms. The van der Waals surface area contributed by atoms with Crippen LogP contribution in [0.2, 0.25) is 0 Å². The third-order valence-electron chi connectivity index (χ3n) is 4.52. The van der Waals surface area contributed by atoms with Gasteiger partial charge in [0.1, 0.15) is 0 Å². The maximum absolute atomic E-state index is 12.7. The third kappa shape index (κ3) is 2.55. The quantitative estimate of drug-likeness (QED) is 0.881. The highest BCUT2D eigenvalue weighted by Gasteiger charge is 2.67. The zero-order valence-electron chi connectivity index (χ0n) is 12.7. The average molecular weight is 319 g/mol. The van der Waals surface area contributed by atoms with Gasteiger partial charge in [-0.2, -0.15) is 0 Å². The van der Waals surface area contributed by atoms with Crippen LogP contribution >= 0.6 is 22.7 Å². The molecule has 2 nitrogen and oxygen atoms in total. The molecule has 1 saturated carbocycles. The molecule has 21 heavy (non-hydrogen) atoms. The molecule has 1 aliphatic rings. The maximum atomic E-state index is 12.7. The van der Waals surface area contributed by atoms with Crippen molar-refractivity contribution < 1.29 is 4.79 Å². The van der Waals surface area contributed by atoms with Crippen LogP contribution in [0.3, 0.4) is 0 Å². The Balaban J connectivity index is 1.64. The van der Waals surface area contributed by atoms with Gasteiger partial charge in [0.25, 0.3) is 0 Å². The molecular weight excluding hydrogens is 298 g/mol. The Hall–Kier alpha value is -1.13. The Kier molecular flexibility index (Phi) is 3.70. The Morgan fingerprint density at radius 2 is 2.10 bits per heavy atom. The van der Waals surface area contributed by atoms with Gasteiger partial charge in [-0.25, -0.2) is 0 Å². The van der Waals surface area contributed by atoms with Gasteiger partial charge in [0.2, 0.25) is 5.91 Å². The molecule has 1 N–H and O–H groups in total. The zero-order valence-corrected chi connectivity index (χ0v) is 14.4.